The summed E-state index contributed by atoms with van der Waals surface area (Å²) in [4.78, 5) is 31.8. The summed E-state index contributed by atoms with van der Waals surface area (Å²) in [6.45, 7) is 3.43. The standard InChI is InChI=1S/C26H26N4O4S/c1-2-33-22-8-4-3-7-19(22)9-10-24(31)29-25-21(14-27)20-11-13-30(16-23(20)35-25)26(32)34-17-18-6-5-12-28-15-18/h3-8,12,15H,2,9-11,13,16-17H2,1H3,(H,29,31). The summed E-state index contributed by atoms with van der Waals surface area (Å²) in [6, 6.07) is 13.5. The fraction of sp³-hybridized carbons (Fsp3) is 0.308. The van der Waals surface area contributed by atoms with Crippen LogP contribution < -0.4 is 10.1 Å². The Labute approximate surface area is 208 Å². The Morgan fingerprint density at radius 2 is 2.11 bits per heavy atom. The van der Waals surface area contributed by atoms with Crippen LogP contribution in [-0.4, -0.2) is 35.0 Å². The molecule has 8 nitrogen and oxygen atoms in total. The first-order chi connectivity index (χ1) is 17.1. The second kappa shape index (κ2) is 11.5. The van der Waals surface area contributed by atoms with E-state index in [4.69, 9.17) is 9.47 Å². The number of hydrogen-bond donors (Lipinski definition) is 1. The van der Waals surface area contributed by atoms with Crippen molar-refractivity contribution >= 4 is 28.3 Å². The van der Waals surface area contributed by atoms with Gasteiger partial charge in [0.05, 0.1) is 18.7 Å². The van der Waals surface area contributed by atoms with E-state index in [2.05, 4.69) is 16.4 Å². The highest BCUT2D eigenvalue weighted by molar-refractivity contribution is 7.16. The predicted octanol–water partition coefficient (Wildman–Crippen LogP) is 4.68. The largest absolute Gasteiger partial charge is 0.494 e. The second-order valence-electron chi connectivity index (χ2n) is 8.00. The highest BCUT2D eigenvalue weighted by Gasteiger charge is 2.28. The third-order valence-corrected chi connectivity index (χ3v) is 6.79. The summed E-state index contributed by atoms with van der Waals surface area (Å²) in [5, 5.41) is 13.2. The van der Waals surface area contributed by atoms with Crippen LogP contribution in [0.4, 0.5) is 9.80 Å². The van der Waals surface area contributed by atoms with Crippen molar-refractivity contribution in [2.45, 2.75) is 39.3 Å². The zero-order chi connectivity index (χ0) is 24.6. The van der Waals surface area contributed by atoms with E-state index in [1.54, 1.807) is 23.4 Å². The minimum Gasteiger partial charge on any atom is -0.494 e. The van der Waals surface area contributed by atoms with E-state index in [0.29, 0.717) is 43.1 Å². The lowest BCUT2D eigenvalue weighted by atomic mass is 10.0. The Kier molecular flexibility index (Phi) is 7.95. The normalized spacial score (nSPS) is 12.4. The zero-order valence-corrected chi connectivity index (χ0v) is 20.3. The number of benzene rings is 1. The number of amides is 2. The minimum atomic E-state index is -0.412. The van der Waals surface area contributed by atoms with E-state index in [1.165, 1.54) is 11.3 Å². The van der Waals surface area contributed by atoms with Gasteiger partial charge < -0.3 is 19.7 Å². The number of thiophene rings is 1. The number of nitriles is 1. The van der Waals surface area contributed by atoms with Gasteiger partial charge in [0.2, 0.25) is 5.91 Å². The maximum Gasteiger partial charge on any atom is 0.410 e. The second-order valence-corrected chi connectivity index (χ2v) is 9.10. The molecule has 0 radical (unpaired) electrons. The Hall–Kier alpha value is -3.90. The molecular formula is C26H26N4O4S. The van der Waals surface area contributed by atoms with Crippen molar-refractivity contribution < 1.29 is 19.1 Å². The number of para-hydroxylation sites is 1. The summed E-state index contributed by atoms with van der Waals surface area (Å²) in [6.07, 6.45) is 4.25. The maximum atomic E-state index is 12.7. The van der Waals surface area contributed by atoms with Crippen molar-refractivity contribution in [3.8, 4) is 11.8 Å². The number of ether oxygens (including phenoxy) is 2. The molecule has 1 aromatic carbocycles. The van der Waals surface area contributed by atoms with Gasteiger partial charge in [-0.2, -0.15) is 5.26 Å². The zero-order valence-electron chi connectivity index (χ0n) is 19.5. The number of anilines is 1. The molecule has 2 amide bonds. The Balaban J connectivity index is 1.37. The fourth-order valence-electron chi connectivity index (χ4n) is 3.93. The van der Waals surface area contributed by atoms with Crippen LogP contribution in [0, 0.1) is 11.3 Å². The molecule has 3 heterocycles. The smallest absolute Gasteiger partial charge is 0.410 e. The molecule has 0 atom stereocenters. The lowest BCUT2D eigenvalue weighted by molar-refractivity contribution is -0.116. The molecule has 1 N–H and O–H groups in total. The van der Waals surface area contributed by atoms with Gasteiger partial charge in [-0.3, -0.25) is 9.78 Å². The Morgan fingerprint density at radius 1 is 1.26 bits per heavy atom. The number of aromatic nitrogens is 1. The molecule has 1 aliphatic heterocycles. The van der Waals surface area contributed by atoms with Gasteiger partial charge in [-0.05, 0) is 43.0 Å². The number of aryl methyl sites for hydroxylation is 1. The summed E-state index contributed by atoms with van der Waals surface area (Å²) in [5.41, 5.74) is 3.16. The van der Waals surface area contributed by atoms with Gasteiger partial charge >= 0.3 is 6.09 Å². The molecule has 0 spiro atoms. The SMILES string of the molecule is CCOc1ccccc1CCC(=O)Nc1sc2c(c1C#N)CCN(C(=O)OCc1cccnc1)C2. The molecule has 0 unspecified atom stereocenters. The Bertz CT molecular complexity index is 1240. The van der Waals surface area contributed by atoms with Gasteiger partial charge in [0.25, 0.3) is 0 Å². The van der Waals surface area contributed by atoms with Crippen LogP contribution in [0.2, 0.25) is 0 Å². The van der Waals surface area contributed by atoms with E-state index >= 15 is 0 Å². The van der Waals surface area contributed by atoms with Crippen LogP contribution >= 0.6 is 11.3 Å². The van der Waals surface area contributed by atoms with Gasteiger partial charge in [0.1, 0.15) is 23.4 Å². The topological polar surface area (TPSA) is 105 Å². The van der Waals surface area contributed by atoms with Crippen molar-refractivity contribution in [1.29, 1.82) is 5.26 Å². The molecule has 2 aromatic heterocycles. The van der Waals surface area contributed by atoms with Crippen LogP contribution in [0.25, 0.3) is 0 Å². The van der Waals surface area contributed by atoms with Crippen LogP contribution in [0.3, 0.4) is 0 Å². The highest BCUT2D eigenvalue weighted by atomic mass is 32.1. The molecule has 0 saturated heterocycles. The summed E-state index contributed by atoms with van der Waals surface area (Å²) in [7, 11) is 0. The van der Waals surface area contributed by atoms with Crippen molar-refractivity contribution in [2.75, 3.05) is 18.5 Å². The monoisotopic (exact) mass is 490 g/mol. The van der Waals surface area contributed by atoms with E-state index in [1.807, 2.05) is 37.3 Å². The number of hydrogen-bond acceptors (Lipinski definition) is 7. The van der Waals surface area contributed by atoms with Gasteiger partial charge in [-0.25, -0.2) is 4.79 Å². The molecule has 0 bridgehead atoms. The number of rotatable bonds is 8. The van der Waals surface area contributed by atoms with E-state index < -0.39 is 6.09 Å². The first-order valence-electron chi connectivity index (χ1n) is 11.4. The quantitative estimate of drug-likeness (QED) is 0.492. The van der Waals surface area contributed by atoms with Crippen molar-refractivity contribution in [3.05, 3.63) is 75.9 Å². The number of fused-ring (bicyclic) bond motifs is 1. The Morgan fingerprint density at radius 3 is 2.89 bits per heavy atom. The predicted molar refractivity (Wildman–Crippen MR) is 132 cm³/mol. The third-order valence-electron chi connectivity index (χ3n) is 5.66. The van der Waals surface area contributed by atoms with Crippen molar-refractivity contribution in [2.24, 2.45) is 0 Å². The number of pyridine rings is 1. The number of carbonyl (C=O) groups is 2. The first kappa shape index (κ1) is 24.2. The molecule has 3 aromatic rings. The lowest BCUT2D eigenvalue weighted by Gasteiger charge is -2.26. The van der Waals surface area contributed by atoms with Gasteiger partial charge in [-0.1, -0.05) is 24.3 Å². The van der Waals surface area contributed by atoms with Crippen molar-refractivity contribution in [1.82, 2.24) is 9.88 Å². The molecule has 0 saturated carbocycles. The minimum absolute atomic E-state index is 0.150. The van der Waals surface area contributed by atoms with Crippen molar-refractivity contribution in [3.63, 3.8) is 0 Å². The summed E-state index contributed by atoms with van der Waals surface area (Å²) >= 11 is 1.34. The van der Waals surface area contributed by atoms with Crippen LogP contribution in [-0.2, 0) is 35.5 Å². The molecule has 9 heteroatoms. The molecule has 4 rings (SSSR count). The molecule has 0 fully saturated rings. The number of carbonyl (C=O) groups excluding carboxylic acids is 2. The molecule has 1 aliphatic rings. The van der Waals surface area contributed by atoms with Crippen LogP contribution in [0.15, 0.2) is 48.8 Å². The molecule has 35 heavy (non-hydrogen) atoms. The third kappa shape index (κ3) is 5.97. The van der Waals surface area contributed by atoms with Gasteiger partial charge in [-0.15, -0.1) is 11.3 Å². The molecular weight excluding hydrogens is 464 g/mol. The van der Waals surface area contributed by atoms with Gasteiger partial charge in [0.15, 0.2) is 0 Å². The number of nitrogens with zero attached hydrogens (tertiary/aromatic N) is 3. The average molecular weight is 491 g/mol. The van der Waals surface area contributed by atoms with Crippen LogP contribution in [0.5, 0.6) is 5.75 Å². The van der Waals surface area contributed by atoms with Gasteiger partial charge in [0, 0.05) is 35.8 Å². The lowest BCUT2D eigenvalue weighted by Crippen LogP contribution is -2.35. The molecule has 0 aliphatic carbocycles. The summed E-state index contributed by atoms with van der Waals surface area (Å²) in [5.74, 6) is 0.613. The number of nitrogens with one attached hydrogen (secondary N) is 1. The first-order valence-corrected chi connectivity index (χ1v) is 12.3. The van der Waals surface area contributed by atoms with E-state index in [0.717, 1.165) is 27.3 Å². The maximum absolute atomic E-state index is 12.7. The molecule has 180 valence electrons. The average Bonchev–Trinajstić information content (AvgIpc) is 3.23. The highest BCUT2D eigenvalue weighted by Crippen LogP contribution is 2.37. The fourth-order valence-corrected chi connectivity index (χ4v) is 5.16. The van der Waals surface area contributed by atoms with E-state index in [-0.39, 0.29) is 18.9 Å². The van der Waals surface area contributed by atoms with Crippen LogP contribution in [0.1, 0.15) is 40.5 Å². The summed E-state index contributed by atoms with van der Waals surface area (Å²) < 4.78 is 11.1. The van der Waals surface area contributed by atoms with E-state index in [9.17, 15) is 14.9 Å².